The van der Waals surface area contributed by atoms with E-state index in [2.05, 4.69) is 15.3 Å². The van der Waals surface area contributed by atoms with Crippen molar-refractivity contribution in [2.75, 3.05) is 0 Å². The van der Waals surface area contributed by atoms with Gasteiger partial charge in [0, 0.05) is 25.6 Å². The number of fused-ring (bicyclic) bond motifs is 1. The average molecular weight is 322 g/mol. The van der Waals surface area contributed by atoms with Crippen LogP contribution in [0.2, 0.25) is 6.55 Å². The molecule has 6 nitrogen and oxygen atoms in total. The Kier molecular flexibility index (Phi) is 3.55. The van der Waals surface area contributed by atoms with E-state index in [-0.39, 0.29) is 5.90 Å². The van der Waals surface area contributed by atoms with Crippen LogP contribution in [0.15, 0.2) is 15.3 Å². The van der Waals surface area contributed by atoms with Crippen LogP contribution in [-0.4, -0.2) is 42.6 Å². The number of alkyl halides is 3. The van der Waals surface area contributed by atoms with Gasteiger partial charge in [-0.1, -0.05) is 0 Å². The Hall–Kier alpha value is -1.58. The van der Waals surface area contributed by atoms with Crippen molar-refractivity contribution in [1.82, 2.24) is 4.67 Å². The highest BCUT2D eigenvalue weighted by Crippen LogP contribution is 2.36. The summed E-state index contributed by atoms with van der Waals surface area (Å²) in [6, 6.07) is 0. The van der Waals surface area contributed by atoms with Gasteiger partial charge in [-0.2, -0.15) is 18.3 Å². The Balaban J connectivity index is 2.48. The summed E-state index contributed by atoms with van der Waals surface area (Å²) in [6.07, 6.45) is -4.26. The first-order chi connectivity index (χ1) is 9.44. The molecule has 0 bridgehead atoms. The minimum atomic E-state index is -4.65. The molecule has 0 spiro atoms. The van der Waals surface area contributed by atoms with E-state index >= 15 is 0 Å². The Bertz CT molecular complexity index is 544. The van der Waals surface area contributed by atoms with Gasteiger partial charge in [0.2, 0.25) is 0 Å². The van der Waals surface area contributed by atoms with Crippen LogP contribution in [0.5, 0.6) is 0 Å². The van der Waals surface area contributed by atoms with Crippen molar-refractivity contribution in [3.63, 3.8) is 0 Å². The predicted octanol–water partition coefficient (Wildman–Crippen LogP) is 2.76. The van der Waals surface area contributed by atoms with Crippen LogP contribution in [0.4, 0.5) is 13.2 Å². The molecule has 0 aromatic rings. The quantitative estimate of drug-likeness (QED) is 0.644. The second-order valence-corrected chi connectivity index (χ2v) is 8.39. The smallest absolute Gasteiger partial charge is 0.483 e. The Labute approximate surface area is 121 Å². The Morgan fingerprint density at radius 2 is 1.81 bits per heavy atom. The third-order valence-corrected chi connectivity index (χ3v) is 5.79. The maximum absolute atomic E-state index is 12.9. The summed E-state index contributed by atoms with van der Waals surface area (Å²) in [5, 5.41) is 11.5. The molecule has 21 heavy (non-hydrogen) atoms. The van der Waals surface area contributed by atoms with Crippen molar-refractivity contribution >= 4 is 26.2 Å². The van der Waals surface area contributed by atoms with Gasteiger partial charge in [-0.3, -0.25) is 0 Å². The topological polar surface area (TPSA) is 58.8 Å². The van der Waals surface area contributed by atoms with Gasteiger partial charge in [-0.25, -0.2) is 4.67 Å². The largest absolute Gasteiger partial charge is 0.603 e. The monoisotopic (exact) mass is 322 g/mol. The lowest BCUT2D eigenvalue weighted by molar-refractivity contribution is -0.0714. The molecule has 1 unspecified atom stereocenters. The molecule has 0 amide bonds. The highest BCUT2D eigenvalue weighted by Gasteiger charge is 2.61. The molecule has 0 aromatic heterocycles. The standard InChI is InChI=1S/C11H17F3N4O2Si/c1-7-6-10(3,4)18-17-9(11(12,13)14)20-21(18,5)19-8(2)16-15-7/h6H2,1-5H3/b15-7-,16-8-. The Morgan fingerprint density at radius 3 is 2.38 bits per heavy atom. The molecule has 0 saturated heterocycles. The fraction of sp³-hybridized carbons (Fsp3) is 0.727. The maximum Gasteiger partial charge on any atom is 0.603 e. The van der Waals surface area contributed by atoms with E-state index in [1.807, 2.05) is 0 Å². The third kappa shape index (κ3) is 3.04. The highest BCUT2D eigenvalue weighted by atomic mass is 28.4. The number of hydrogen-bond donors (Lipinski definition) is 0. The van der Waals surface area contributed by atoms with E-state index < -0.39 is 26.3 Å². The molecule has 10 heteroatoms. The van der Waals surface area contributed by atoms with Crippen LogP contribution in [0, 0.1) is 0 Å². The van der Waals surface area contributed by atoms with Gasteiger partial charge in [0.25, 0.3) is 0 Å². The number of rotatable bonds is 0. The van der Waals surface area contributed by atoms with E-state index in [4.69, 9.17) is 8.85 Å². The minimum absolute atomic E-state index is 0.157. The van der Waals surface area contributed by atoms with E-state index in [1.165, 1.54) is 18.1 Å². The van der Waals surface area contributed by atoms with Crippen molar-refractivity contribution in [3.05, 3.63) is 0 Å². The third-order valence-electron chi connectivity index (χ3n) is 3.06. The molecule has 0 saturated carbocycles. The zero-order chi connectivity index (χ0) is 16.1. The molecule has 0 fully saturated rings. The van der Waals surface area contributed by atoms with Crippen molar-refractivity contribution in [3.8, 4) is 0 Å². The maximum atomic E-state index is 12.9. The number of nitrogens with zero attached hydrogens (tertiary/aromatic N) is 4. The summed E-state index contributed by atoms with van der Waals surface area (Å²) in [5.41, 5.74) is -0.0568. The summed E-state index contributed by atoms with van der Waals surface area (Å²) >= 11 is 0. The molecule has 0 aliphatic carbocycles. The first-order valence-electron chi connectivity index (χ1n) is 6.36. The zero-order valence-corrected chi connectivity index (χ0v) is 13.4. The van der Waals surface area contributed by atoms with Crippen molar-refractivity contribution in [1.29, 1.82) is 0 Å². The van der Waals surface area contributed by atoms with Gasteiger partial charge in [0.05, 0.1) is 5.54 Å². The number of halogens is 3. The van der Waals surface area contributed by atoms with Gasteiger partial charge in [-0.05, 0) is 20.8 Å². The normalized spacial score (nSPS) is 33.9. The number of hydrazone groups is 1. The lowest BCUT2D eigenvalue weighted by Gasteiger charge is -2.39. The molecule has 2 aliphatic rings. The molecule has 2 rings (SSSR count). The second kappa shape index (κ2) is 4.72. The fourth-order valence-electron chi connectivity index (χ4n) is 2.48. The average Bonchev–Trinajstić information content (AvgIpc) is 2.64. The van der Waals surface area contributed by atoms with Gasteiger partial charge < -0.3 is 8.85 Å². The van der Waals surface area contributed by atoms with Crippen LogP contribution in [-0.2, 0) is 8.85 Å². The molecule has 0 radical (unpaired) electrons. The molecular formula is C11H17F3N4O2Si. The Morgan fingerprint density at radius 1 is 1.19 bits per heavy atom. The summed E-state index contributed by atoms with van der Waals surface area (Å²) < 4.78 is 50.7. The first kappa shape index (κ1) is 15.8. The summed E-state index contributed by atoms with van der Waals surface area (Å²) in [6.45, 7) is 8.34. The van der Waals surface area contributed by atoms with E-state index in [0.717, 1.165) is 0 Å². The van der Waals surface area contributed by atoms with Gasteiger partial charge in [0.15, 0.2) is 5.90 Å². The second-order valence-electron chi connectivity index (χ2n) is 5.76. The summed E-state index contributed by atoms with van der Waals surface area (Å²) in [5.74, 6) is -1.11. The molecular weight excluding hydrogens is 305 g/mol. The minimum Gasteiger partial charge on any atom is -0.483 e. The van der Waals surface area contributed by atoms with Gasteiger partial charge >= 0.3 is 20.8 Å². The molecule has 118 valence electrons. The van der Waals surface area contributed by atoms with Gasteiger partial charge in [0.1, 0.15) is 0 Å². The van der Waals surface area contributed by atoms with E-state index in [0.29, 0.717) is 12.1 Å². The van der Waals surface area contributed by atoms with E-state index in [9.17, 15) is 13.2 Å². The fourth-order valence-corrected chi connectivity index (χ4v) is 5.24. The highest BCUT2D eigenvalue weighted by molar-refractivity contribution is 6.67. The molecule has 1 atom stereocenters. The van der Waals surface area contributed by atoms with Crippen LogP contribution < -0.4 is 0 Å². The summed E-state index contributed by atoms with van der Waals surface area (Å²) in [7, 11) is -3.41. The predicted molar refractivity (Wildman–Crippen MR) is 74.0 cm³/mol. The van der Waals surface area contributed by atoms with Crippen LogP contribution >= 0.6 is 0 Å². The number of hydrogen-bond acceptors (Lipinski definition) is 6. The SMILES string of the molecule is C/C1=N/N=C(/C)O[Si]2(C)OC(C(F)(F)F)=NN2C(C)(C)C1. The lowest BCUT2D eigenvalue weighted by Crippen LogP contribution is -2.59. The van der Waals surface area contributed by atoms with Crippen molar-refractivity contribution in [2.45, 2.75) is 52.4 Å². The van der Waals surface area contributed by atoms with Crippen molar-refractivity contribution in [2.24, 2.45) is 15.3 Å². The van der Waals surface area contributed by atoms with E-state index in [1.54, 1.807) is 20.8 Å². The van der Waals surface area contributed by atoms with Crippen LogP contribution in [0.25, 0.3) is 0 Å². The molecule has 0 aromatic carbocycles. The van der Waals surface area contributed by atoms with Crippen LogP contribution in [0.1, 0.15) is 34.1 Å². The lowest BCUT2D eigenvalue weighted by atomic mass is 9.99. The van der Waals surface area contributed by atoms with Gasteiger partial charge in [-0.15, -0.1) is 10.2 Å². The van der Waals surface area contributed by atoms with Crippen molar-refractivity contribution < 1.29 is 22.0 Å². The van der Waals surface area contributed by atoms with Crippen LogP contribution in [0.3, 0.4) is 0 Å². The molecule has 2 heterocycles. The zero-order valence-electron chi connectivity index (χ0n) is 12.4. The molecule has 0 N–H and O–H groups in total. The first-order valence-corrected chi connectivity index (χ1v) is 8.62. The molecule has 2 aliphatic heterocycles. The summed E-state index contributed by atoms with van der Waals surface area (Å²) in [4.78, 5) is 0.